The molecule has 3 rings (SSSR count). The van der Waals surface area contributed by atoms with Crippen LogP contribution >= 0.6 is 23.1 Å². The second-order valence-corrected chi connectivity index (χ2v) is 9.30. The summed E-state index contributed by atoms with van der Waals surface area (Å²) in [5.74, 6) is 2.05. The number of rotatable bonds is 9. The fourth-order valence-corrected chi connectivity index (χ4v) is 5.01. The number of hydrogen-bond donors (Lipinski definition) is 1. The first-order chi connectivity index (χ1) is 14.1. The first kappa shape index (κ1) is 22.1. The predicted octanol–water partition coefficient (Wildman–Crippen LogP) is 3.91. The molecule has 2 aromatic heterocycles. The van der Waals surface area contributed by atoms with Gasteiger partial charge >= 0.3 is 0 Å². The van der Waals surface area contributed by atoms with Gasteiger partial charge < -0.3 is 14.8 Å². The molecule has 2 heterocycles. The van der Waals surface area contributed by atoms with Crippen LogP contribution in [0.1, 0.15) is 61.6 Å². The first-order valence-corrected chi connectivity index (χ1v) is 12.6. The van der Waals surface area contributed by atoms with Crippen LogP contribution in [0, 0.1) is 6.92 Å². The summed E-state index contributed by atoms with van der Waals surface area (Å²) in [6.45, 7) is 6.54. The minimum atomic E-state index is 0.580. The smallest absolute Gasteiger partial charge is 0.194 e. The quantitative estimate of drug-likeness (QED) is 0.279. The van der Waals surface area contributed by atoms with Gasteiger partial charge in [0.25, 0.3) is 0 Å². The summed E-state index contributed by atoms with van der Waals surface area (Å²) in [4.78, 5) is 11.5. The van der Waals surface area contributed by atoms with Crippen LogP contribution in [0.3, 0.4) is 0 Å². The molecule has 0 bridgehead atoms. The van der Waals surface area contributed by atoms with Gasteiger partial charge in [-0.05, 0) is 39.4 Å². The first-order valence-electron chi connectivity index (χ1n) is 10.5. The Balaban J connectivity index is 1.58. The van der Waals surface area contributed by atoms with Gasteiger partial charge in [0.2, 0.25) is 0 Å². The summed E-state index contributed by atoms with van der Waals surface area (Å²) in [6.07, 6.45) is 9.12. The van der Waals surface area contributed by atoms with Crippen molar-refractivity contribution in [1.29, 1.82) is 0 Å². The highest BCUT2D eigenvalue weighted by molar-refractivity contribution is 7.98. The van der Waals surface area contributed by atoms with E-state index in [0.29, 0.717) is 6.04 Å². The third kappa shape index (κ3) is 5.94. The van der Waals surface area contributed by atoms with Crippen molar-refractivity contribution in [2.45, 2.75) is 70.1 Å². The molecule has 0 atom stereocenters. The number of thioether (sulfide) groups is 1. The fraction of sp³-hybridized carbons (Fsp3) is 0.700. The third-order valence-corrected chi connectivity index (χ3v) is 6.66. The van der Waals surface area contributed by atoms with Gasteiger partial charge in [-0.3, -0.25) is 4.99 Å². The monoisotopic (exact) mass is 435 g/mol. The van der Waals surface area contributed by atoms with Gasteiger partial charge in [-0.25, -0.2) is 4.98 Å². The number of hydrogen-bond acceptors (Lipinski definition) is 6. The highest BCUT2D eigenvalue weighted by atomic mass is 32.2. The third-order valence-electron chi connectivity index (χ3n) is 5.19. The Morgan fingerprint density at radius 3 is 2.83 bits per heavy atom. The molecule has 1 saturated carbocycles. The molecule has 29 heavy (non-hydrogen) atoms. The number of aromatic nitrogens is 4. The molecule has 1 aliphatic carbocycles. The van der Waals surface area contributed by atoms with Gasteiger partial charge in [-0.2, -0.15) is 0 Å². The van der Waals surface area contributed by atoms with Crippen molar-refractivity contribution < 1.29 is 0 Å². The van der Waals surface area contributed by atoms with Crippen molar-refractivity contribution in [3.05, 3.63) is 21.9 Å². The van der Waals surface area contributed by atoms with Gasteiger partial charge in [0, 0.05) is 38.0 Å². The summed E-state index contributed by atoms with van der Waals surface area (Å²) < 4.78 is 2.39. The zero-order valence-electron chi connectivity index (χ0n) is 18.0. The highest BCUT2D eigenvalue weighted by Crippen LogP contribution is 2.33. The average Bonchev–Trinajstić information content (AvgIpc) is 3.44. The Hall–Kier alpha value is -1.61. The molecule has 0 saturated heterocycles. The van der Waals surface area contributed by atoms with Crippen LogP contribution in [0.2, 0.25) is 0 Å². The van der Waals surface area contributed by atoms with Crippen LogP contribution in [0.15, 0.2) is 15.5 Å². The lowest BCUT2D eigenvalue weighted by Crippen LogP contribution is -2.38. The lowest BCUT2D eigenvalue weighted by Gasteiger charge is -2.21. The van der Waals surface area contributed by atoms with Crippen LogP contribution in [0.5, 0.6) is 0 Å². The lowest BCUT2D eigenvalue weighted by molar-refractivity contribution is 0.459. The van der Waals surface area contributed by atoms with Gasteiger partial charge in [0.05, 0.1) is 17.2 Å². The average molecular weight is 436 g/mol. The Bertz CT molecular complexity index is 793. The van der Waals surface area contributed by atoms with E-state index in [0.717, 1.165) is 60.1 Å². The molecule has 7 nitrogen and oxygen atoms in total. The van der Waals surface area contributed by atoms with Gasteiger partial charge in [0.1, 0.15) is 5.82 Å². The maximum atomic E-state index is 4.83. The van der Waals surface area contributed by atoms with E-state index in [1.807, 2.05) is 6.92 Å². The normalized spacial score (nSPS) is 15.2. The molecule has 160 valence electrons. The topological polar surface area (TPSA) is 71.2 Å². The standard InChI is InChI=1S/C20H33N7S2/c1-5-21-19(26(3)13-16-14-29-15(2)23-16)22-12-8-11-18-24-25-20(28-4)27(18)17-9-6-7-10-17/h14,17H,5-13H2,1-4H3,(H,21,22). The zero-order valence-corrected chi connectivity index (χ0v) is 19.7. The van der Waals surface area contributed by atoms with Crippen LogP contribution in [-0.2, 0) is 13.0 Å². The fourth-order valence-electron chi connectivity index (χ4n) is 3.84. The highest BCUT2D eigenvalue weighted by Gasteiger charge is 2.23. The number of thiazole rings is 1. The van der Waals surface area contributed by atoms with Crippen molar-refractivity contribution in [3.63, 3.8) is 0 Å². The molecule has 0 unspecified atom stereocenters. The van der Waals surface area contributed by atoms with Crippen molar-refractivity contribution in [2.24, 2.45) is 4.99 Å². The Kier molecular flexibility index (Phi) is 8.35. The summed E-state index contributed by atoms with van der Waals surface area (Å²) in [6, 6.07) is 0.580. The number of aliphatic imine (C=N–C) groups is 1. The molecule has 0 amide bonds. The van der Waals surface area contributed by atoms with Gasteiger partial charge in [-0.15, -0.1) is 21.5 Å². The van der Waals surface area contributed by atoms with Crippen LogP contribution in [0.4, 0.5) is 0 Å². The summed E-state index contributed by atoms with van der Waals surface area (Å²) in [7, 11) is 2.07. The van der Waals surface area contributed by atoms with E-state index in [1.165, 1.54) is 25.7 Å². The summed E-state index contributed by atoms with van der Waals surface area (Å²) in [5, 5.41) is 16.6. The van der Waals surface area contributed by atoms with Crippen molar-refractivity contribution in [3.8, 4) is 0 Å². The zero-order chi connectivity index (χ0) is 20.6. The number of nitrogens with one attached hydrogen (secondary N) is 1. The summed E-state index contributed by atoms with van der Waals surface area (Å²) in [5.41, 5.74) is 1.09. The van der Waals surface area contributed by atoms with Gasteiger partial charge in [0.15, 0.2) is 11.1 Å². The molecule has 0 aromatic carbocycles. The molecule has 0 aliphatic heterocycles. The number of nitrogens with zero attached hydrogens (tertiary/aromatic N) is 6. The molecule has 2 aromatic rings. The van der Waals surface area contributed by atoms with E-state index in [1.54, 1.807) is 23.1 Å². The van der Waals surface area contributed by atoms with Crippen molar-refractivity contribution in [2.75, 3.05) is 26.4 Å². The molecule has 0 radical (unpaired) electrons. The molecule has 1 N–H and O–H groups in total. The van der Waals surface area contributed by atoms with E-state index in [9.17, 15) is 0 Å². The minimum Gasteiger partial charge on any atom is -0.357 e. The maximum absolute atomic E-state index is 4.83. The second-order valence-electron chi connectivity index (χ2n) is 7.46. The SMILES string of the molecule is CCNC(=NCCCc1nnc(SC)n1C1CCCC1)N(C)Cc1csc(C)n1. The number of aryl methyl sites for hydroxylation is 2. The van der Waals surface area contributed by atoms with Crippen LogP contribution in [-0.4, -0.2) is 57.0 Å². The predicted molar refractivity (Wildman–Crippen MR) is 122 cm³/mol. The maximum Gasteiger partial charge on any atom is 0.194 e. The van der Waals surface area contributed by atoms with Crippen LogP contribution in [0.25, 0.3) is 0 Å². The Morgan fingerprint density at radius 2 is 2.17 bits per heavy atom. The van der Waals surface area contributed by atoms with Crippen LogP contribution < -0.4 is 5.32 Å². The minimum absolute atomic E-state index is 0.580. The van der Waals surface area contributed by atoms with E-state index in [4.69, 9.17) is 4.99 Å². The van der Waals surface area contributed by atoms with Gasteiger partial charge in [-0.1, -0.05) is 24.6 Å². The van der Waals surface area contributed by atoms with E-state index >= 15 is 0 Å². The summed E-state index contributed by atoms with van der Waals surface area (Å²) >= 11 is 3.39. The molecular weight excluding hydrogens is 402 g/mol. The van der Waals surface area contributed by atoms with E-state index < -0.39 is 0 Å². The van der Waals surface area contributed by atoms with Crippen molar-refractivity contribution in [1.82, 2.24) is 30.0 Å². The molecular formula is C20H33N7S2. The molecule has 9 heteroatoms. The Morgan fingerprint density at radius 1 is 1.38 bits per heavy atom. The molecule has 1 fully saturated rings. The van der Waals surface area contributed by atoms with Crippen molar-refractivity contribution >= 4 is 29.1 Å². The number of guanidine groups is 1. The van der Waals surface area contributed by atoms with E-state index in [-0.39, 0.29) is 0 Å². The Labute approximate surface area is 182 Å². The largest absolute Gasteiger partial charge is 0.357 e. The lowest BCUT2D eigenvalue weighted by atomic mass is 10.2. The molecule has 1 aliphatic rings. The molecule has 0 spiro atoms. The van der Waals surface area contributed by atoms with E-state index in [2.05, 4.69) is 55.6 Å². The second kappa shape index (κ2) is 11.0.